The van der Waals surface area contributed by atoms with Gasteiger partial charge in [-0.3, -0.25) is 4.79 Å². The summed E-state index contributed by atoms with van der Waals surface area (Å²) < 4.78 is 13.3. The highest BCUT2D eigenvalue weighted by Gasteiger charge is 2.07. The molecule has 0 atom stereocenters. The number of phenolic OH excluding ortho intramolecular Hbond substituents is 1. The Morgan fingerprint density at radius 3 is 2.56 bits per heavy atom. The largest absolute Gasteiger partial charge is 0.505 e. The van der Waals surface area contributed by atoms with Crippen molar-refractivity contribution in [1.29, 1.82) is 0 Å². The van der Waals surface area contributed by atoms with Crippen molar-refractivity contribution in [2.24, 2.45) is 0 Å². The number of halogens is 1. The maximum absolute atomic E-state index is 13.3. The molecule has 92 valence electrons. The number of aromatic hydroxyl groups is 1. The first kappa shape index (κ1) is 12.1. The predicted octanol–water partition coefficient (Wildman–Crippen LogP) is 2.56. The fourth-order valence-corrected chi connectivity index (χ4v) is 1.67. The highest BCUT2D eigenvalue weighted by Crippen LogP contribution is 2.25. The number of phenols is 1. The van der Waals surface area contributed by atoms with E-state index in [1.54, 1.807) is 37.4 Å². The summed E-state index contributed by atoms with van der Waals surface area (Å²) in [5, 5.41) is 11.7. The summed E-state index contributed by atoms with van der Waals surface area (Å²) in [5.74, 6) is -1.27. The molecule has 0 unspecified atom stereocenters. The smallest absolute Gasteiger partial charge is 0.251 e. The summed E-state index contributed by atoms with van der Waals surface area (Å²) in [4.78, 5) is 11.5. The second kappa shape index (κ2) is 4.87. The van der Waals surface area contributed by atoms with Gasteiger partial charge in [0.1, 0.15) is 0 Å². The van der Waals surface area contributed by atoms with Crippen molar-refractivity contribution < 1.29 is 14.3 Å². The van der Waals surface area contributed by atoms with Crippen LogP contribution in [0, 0.1) is 5.82 Å². The van der Waals surface area contributed by atoms with Crippen molar-refractivity contribution in [3.8, 4) is 16.9 Å². The van der Waals surface area contributed by atoms with Crippen molar-refractivity contribution in [3.05, 3.63) is 53.8 Å². The lowest BCUT2D eigenvalue weighted by Crippen LogP contribution is -2.17. The van der Waals surface area contributed by atoms with Crippen LogP contribution in [-0.2, 0) is 0 Å². The van der Waals surface area contributed by atoms with E-state index < -0.39 is 5.82 Å². The van der Waals surface area contributed by atoms with Crippen LogP contribution in [0.4, 0.5) is 4.39 Å². The zero-order valence-electron chi connectivity index (χ0n) is 9.77. The average molecular weight is 245 g/mol. The van der Waals surface area contributed by atoms with E-state index in [1.165, 1.54) is 12.1 Å². The van der Waals surface area contributed by atoms with Gasteiger partial charge in [-0.25, -0.2) is 4.39 Å². The highest BCUT2D eigenvalue weighted by atomic mass is 19.1. The number of rotatable bonds is 2. The van der Waals surface area contributed by atoms with Gasteiger partial charge in [-0.2, -0.15) is 0 Å². The number of benzene rings is 2. The molecule has 2 aromatic carbocycles. The zero-order valence-corrected chi connectivity index (χ0v) is 9.77. The lowest BCUT2D eigenvalue weighted by atomic mass is 10.0. The van der Waals surface area contributed by atoms with Crippen LogP contribution in [0.5, 0.6) is 5.75 Å². The zero-order chi connectivity index (χ0) is 13.1. The molecule has 0 aliphatic carbocycles. The summed E-state index contributed by atoms with van der Waals surface area (Å²) >= 11 is 0. The van der Waals surface area contributed by atoms with Gasteiger partial charge in [-0.1, -0.05) is 18.2 Å². The molecule has 0 radical (unpaired) electrons. The van der Waals surface area contributed by atoms with Crippen molar-refractivity contribution in [1.82, 2.24) is 5.32 Å². The van der Waals surface area contributed by atoms with Gasteiger partial charge in [0.25, 0.3) is 5.91 Å². The molecule has 0 aliphatic rings. The lowest BCUT2D eigenvalue weighted by Gasteiger charge is -2.05. The van der Waals surface area contributed by atoms with Gasteiger partial charge in [-0.15, -0.1) is 0 Å². The molecule has 3 nitrogen and oxygen atoms in total. The van der Waals surface area contributed by atoms with E-state index in [4.69, 9.17) is 5.11 Å². The Kier molecular flexibility index (Phi) is 3.28. The Labute approximate surface area is 104 Å². The van der Waals surface area contributed by atoms with Crippen LogP contribution in [0.25, 0.3) is 11.1 Å². The Bertz CT molecular complexity index is 596. The van der Waals surface area contributed by atoms with Crippen LogP contribution in [0.1, 0.15) is 10.4 Å². The normalized spacial score (nSPS) is 10.1. The first-order valence-electron chi connectivity index (χ1n) is 5.43. The second-order valence-electron chi connectivity index (χ2n) is 3.83. The van der Waals surface area contributed by atoms with E-state index in [9.17, 15) is 9.18 Å². The van der Waals surface area contributed by atoms with Gasteiger partial charge in [0.05, 0.1) is 0 Å². The molecule has 1 amide bonds. The van der Waals surface area contributed by atoms with Crippen molar-refractivity contribution in [2.75, 3.05) is 7.05 Å². The van der Waals surface area contributed by atoms with Crippen LogP contribution >= 0.6 is 0 Å². The van der Waals surface area contributed by atoms with Crippen molar-refractivity contribution >= 4 is 5.91 Å². The topological polar surface area (TPSA) is 49.3 Å². The minimum Gasteiger partial charge on any atom is -0.505 e. The Balaban J connectivity index is 2.44. The van der Waals surface area contributed by atoms with Crippen molar-refractivity contribution in [2.45, 2.75) is 0 Å². The standard InChI is InChI=1S/C14H12FNO2/c1-16-14(18)11-4-2-3-9(7-11)10-5-6-13(17)12(15)8-10/h2-8,17H,1H3,(H,16,18). The third kappa shape index (κ3) is 2.32. The Morgan fingerprint density at radius 1 is 1.17 bits per heavy atom. The van der Waals surface area contributed by atoms with Crippen LogP contribution in [0.2, 0.25) is 0 Å². The fourth-order valence-electron chi connectivity index (χ4n) is 1.67. The predicted molar refractivity (Wildman–Crippen MR) is 66.9 cm³/mol. The summed E-state index contributed by atoms with van der Waals surface area (Å²) in [7, 11) is 1.55. The number of hydrogen-bond donors (Lipinski definition) is 2. The molecular weight excluding hydrogens is 233 g/mol. The fraction of sp³-hybridized carbons (Fsp3) is 0.0714. The van der Waals surface area contributed by atoms with E-state index >= 15 is 0 Å². The molecule has 0 saturated heterocycles. The summed E-state index contributed by atoms with van der Waals surface area (Å²) in [6, 6.07) is 11.0. The number of nitrogens with one attached hydrogen (secondary N) is 1. The molecule has 2 N–H and O–H groups in total. The van der Waals surface area contributed by atoms with Gasteiger partial charge in [-0.05, 0) is 35.4 Å². The van der Waals surface area contributed by atoms with Gasteiger partial charge in [0.15, 0.2) is 11.6 Å². The number of carbonyl (C=O) groups excluding carboxylic acids is 1. The molecule has 18 heavy (non-hydrogen) atoms. The first-order chi connectivity index (χ1) is 8.61. The molecule has 0 saturated carbocycles. The number of amides is 1. The van der Waals surface area contributed by atoms with E-state index in [2.05, 4.69) is 5.32 Å². The lowest BCUT2D eigenvalue weighted by molar-refractivity contribution is 0.0963. The third-order valence-electron chi connectivity index (χ3n) is 2.63. The quantitative estimate of drug-likeness (QED) is 0.854. The van der Waals surface area contributed by atoms with Crippen LogP contribution in [-0.4, -0.2) is 18.1 Å². The molecule has 2 aromatic rings. The molecule has 0 heterocycles. The SMILES string of the molecule is CNC(=O)c1cccc(-c2ccc(O)c(F)c2)c1. The first-order valence-corrected chi connectivity index (χ1v) is 5.43. The molecule has 2 rings (SSSR count). The average Bonchev–Trinajstić information content (AvgIpc) is 2.41. The molecular formula is C14H12FNO2. The van der Waals surface area contributed by atoms with E-state index in [-0.39, 0.29) is 11.7 Å². The van der Waals surface area contributed by atoms with E-state index in [1.807, 2.05) is 0 Å². The van der Waals surface area contributed by atoms with Gasteiger partial charge in [0, 0.05) is 12.6 Å². The summed E-state index contributed by atoms with van der Waals surface area (Å²) in [5.41, 5.74) is 1.83. The van der Waals surface area contributed by atoms with Gasteiger partial charge >= 0.3 is 0 Å². The number of carbonyl (C=O) groups is 1. The maximum atomic E-state index is 13.3. The van der Waals surface area contributed by atoms with Gasteiger partial charge in [0.2, 0.25) is 0 Å². The minimum atomic E-state index is -0.683. The molecule has 0 aliphatic heterocycles. The molecule has 0 bridgehead atoms. The summed E-state index contributed by atoms with van der Waals surface area (Å²) in [6.45, 7) is 0. The van der Waals surface area contributed by atoms with Gasteiger partial charge < -0.3 is 10.4 Å². The highest BCUT2D eigenvalue weighted by molar-refractivity contribution is 5.95. The Morgan fingerprint density at radius 2 is 1.89 bits per heavy atom. The van der Waals surface area contributed by atoms with Crippen LogP contribution < -0.4 is 5.32 Å². The maximum Gasteiger partial charge on any atom is 0.251 e. The third-order valence-corrected chi connectivity index (χ3v) is 2.63. The van der Waals surface area contributed by atoms with E-state index in [0.717, 1.165) is 5.56 Å². The van der Waals surface area contributed by atoms with Crippen molar-refractivity contribution in [3.63, 3.8) is 0 Å². The molecule has 0 spiro atoms. The Hall–Kier alpha value is -2.36. The summed E-state index contributed by atoms with van der Waals surface area (Å²) in [6.07, 6.45) is 0. The second-order valence-corrected chi connectivity index (χ2v) is 3.83. The number of hydrogen-bond acceptors (Lipinski definition) is 2. The monoisotopic (exact) mass is 245 g/mol. The van der Waals surface area contributed by atoms with Crippen LogP contribution in [0.3, 0.4) is 0 Å². The molecule has 0 aromatic heterocycles. The molecule has 0 fully saturated rings. The minimum absolute atomic E-state index is 0.198. The van der Waals surface area contributed by atoms with Crippen LogP contribution in [0.15, 0.2) is 42.5 Å². The van der Waals surface area contributed by atoms with E-state index in [0.29, 0.717) is 11.1 Å². The molecule has 4 heteroatoms.